The molecule has 24 heavy (non-hydrogen) atoms. The van der Waals surface area contributed by atoms with E-state index >= 15 is 0 Å². The second-order valence-electron chi connectivity index (χ2n) is 5.29. The second-order valence-corrected chi connectivity index (χ2v) is 6.13. The van der Waals surface area contributed by atoms with Crippen molar-refractivity contribution in [3.63, 3.8) is 0 Å². The van der Waals surface area contributed by atoms with Crippen LogP contribution in [-0.2, 0) is 0 Å². The molecule has 0 aliphatic rings. The quantitative estimate of drug-likeness (QED) is 0.663. The molecule has 0 fully saturated rings. The average molecular weight is 360 g/mol. The van der Waals surface area contributed by atoms with Crippen LogP contribution in [0.3, 0.4) is 0 Å². The van der Waals surface area contributed by atoms with Crippen molar-refractivity contribution in [2.24, 2.45) is 0 Å². The summed E-state index contributed by atoms with van der Waals surface area (Å²) in [5, 5.41) is 15.4. The van der Waals surface area contributed by atoms with Crippen LogP contribution in [0.4, 0.5) is 23.1 Å². The van der Waals surface area contributed by atoms with Crippen LogP contribution in [0.5, 0.6) is 0 Å². The van der Waals surface area contributed by atoms with Crippen LogP contribution in [0.2, 0.25) is 10.0 Å². The van der Waals surface area contributed by atoms with E-state index in [-0.39, 0.29) is 0 Å². The molecule has 0 radical (unpaired) electrons. The van der Waals surface area contributed by atoms with Crippen LogP contribution in [-0.4, -0.2) is 15.2 Å². The van der Waals surface area contributed by atoms with Gasteiger partial charge in [-0.2, -0.15) is 10.1 Å². The Kier molecular flexibility index (Phi) is 4.83. The zero-order chi connectivity index (χ0) is 17.1. The highest BCUT2D eigenvalue weighted by Crippen LogP contribution is 2.28. The van der Waals surface area contributed by atoms with E-state index in [9.17, 15) is 0 Å². The molecule has 3 rings (SSSR count). The Morgan fingerprint density at radius 1 is 0.958 bits per heavy atom. The molecule has 0 aliphatic heterocycles. The van der Waals surface area contributed by atoms with Gasteiger partial charge in [0.25, 0.3) is 0 Å². The summed E-state index contributed by atoms with van der Waals surface area (Å²) in [5.41, 5.74) is 3.92. The van der Waals surface area contributed by atoms with Crippen LogP contribution in [0, 0.1) is 13.8 Å². The normalized spacial score (nSPS) is 10.5. The summed E-state index contributed by atoms with van der Waals surface area (Å²) in [4.78, 5) is 4.41. The molecule has 122 valence electrons. The van der Waals surface area contributed by atoms with Crippen LogP contribution in [0.15, 0.2) is 42.6 Å². The number of nitrogens with one attached hydrogen (secondary N) is 2. The number of aromatic nitrogens is 3. The van der Waals surface area contributed by atoms with Gasteiger partial charge in [0.1, 0.15) is 0 Å². The third-order valence-electron chi connectivity index (χ3n) is 3.60. The third-order valence-corrected chi connectivity index (χ3v) is 4.17. The Hall–Kier alpha value is -2.37. The predicted octanol–water partition coefficient (Wildman–Crippen LogP) is 5.28. The van der Waals surface area contributed by atoms with E-state index in [1.54, 1.807) is 18.2 Å². The summed E-state index contributed by atoms with van der Waals surface area (Å²) < 4.78 is 0. The van der Waals surface area contributed by atoms with Crippen molar-refractivity contribution in [3.8, 4) is 0 Å². The fourth-order valence-electron chi connectivity index (χ4n) is 2.15. The van der Waals surface area contributed by atoms with Crippen molar-refractivity contribution in [3.05, 3.63) is 63.8 Å². The fourth-order valence-corrected chi connectivity index (χ4v) is 2.49. The van der Waals surface area contributed by atoms with Gasteiger partial charge in [-0.25, -0.2) is 0 Å². The van der Waals surface area contributed by atoms with Gasteiger partial charge in [-0.15, -0.1) is 5.10 Å². The Morgan fingerprint density at radius 3 is 2.62 bits per heavy atom. The number of hydrogen-bond acceptors (Lipinski definition) is 5. The summed E-state index contributed by atoms with van der Waals surface area (Å²) in [6.45, 7) is 4.09. The molecule has 1 heterocycles. The molecular weight excluding hydrogens is 345 g/mol. The SMILES string of the molecule is Cc1cccc(Nc2nncc(Nc3cc(Cl)ccc3Cl)n2)c1C. The minimum Gasteiger partial charge on any atom is -0.338 e. The largest absolute Gasteiger partial charge is 0.338 e. The highest BCUT2D eigenvalue weighted by atomic mass is 35.5. The van der Waals surface area contributed by atoms with Crippen molar-refractivity contribution in [2.75, 3.05) is 10.6 Å². The summed E-state index contributed by atoms with van der Waals surface area (Å²) in [5.74, 6) is 0.911. The lowest BCUT2D eigenvalue weighted by Gasteiger charge is -2.11. The zero-order valence-electron chi connectivity index (χ0n) is 13.1. The lowest BCUT2D eigenvalue weighted by Crippen LogP contribution is -2.03. The topological polar surface area (TPSA) is 62.7 Å². The number of rotatable bonds is 4. The van der Waals surface area contributed by atoms with Gasteiger partial charge < -0.3 is 10.6 Å². The van der Waals surface area contributed by atoms with Crippen LogP contribution in [0.1, 0.15) is 11.1 Å². The van der Waals surface area contributed by atoms with Gasteiger partial charge in [-0.05, 0) is 49.2 Å². The number of benzene rings is 2. The number of halogens is 2. The zero-order valence-corrected chi connectivity index (χ0v) is 14.7. The van der Waals surface area contributed by atoms with Crippen LogP contribution < -0.4 is 10.6 Å². The number of hydrogen-bond donors (Lipinski definition) is 2. The van der Waals surface area contributed by atoms with E-state index in [1.807, 2.05) is 19.1 Å². The highest BCUT2D eigenvalue weighted by Gasteiger charge is 2.07. The first-order chi connectivity index (χ1) is 11.5. The first-order valence-electron chi connectivity index (χ1n) is 7.28. The molecule has 2 aromatic carbocycles. The van der Waals surface area contributed by atoms with Crippen molar-refractivity contribution in [2.45, 2.75) is 13.8 Å². The van der Waals surface area contributed by atoms with E-state index in [0.717, 1.165) is 11.3 Å². The number of anilines is 4. The Labute approximate surface area is 150 Å². The van der Waals surface area contributed by atoms with Crippen LogP contribution >= 0.6 is 23.2 Å². The van der Waals surface area contributed by atoms with Gasteiger partial charge >= 0.3 is 0 Å². The standard InChI is InChI=1S/C17H15Cl2N5/c1-10-4-3-5-14(11(10)2)22-17-23-16(9-20-24-17)21-15-8-12(18)6-7-13(15)19/h3-9H,1-2H3,(H2,21,22,23,24). The van der Waals surface area contributed by atoms with E-state index in [0.29, 0.717) is 27.5 Å². The molecule has 0 bridgehead atoms. The fraction of sp³-hybridized carbons (Fsp3) is 0.118. The molecule has 2 N–H and O–H groups in total. The number of nitrogens with zero attached hydrogens (tertiary/aromatic N) is 3. The molecule has 0 aliphatic carbocycles. The molecule has 7 heteroatoms. The maximum Gasteiger partial charge on any atom is 0.249 e. The molecule has 0 unspecified atom stereocenters. The van der Waals surface area contributed by atoms with Crippen molar-refractivity contribution < 1.29 is 0 Å². The minimum atomic E-state index is 0.395. The van der Waals surface area contributed by atoms with Crippen LogP contribution in [0.25, 0.3) is 0 Å². The summed E-state index contributed by atoms with van der Waals surface area (Å²) in [7, 11) is 0. The van der Waals surface area contributed by atoms with E-state index in [2.05, 4.69) is 38.8 Å². The van der Waals surface area contributed by atoms with Crippen molar-refractivity contribution in [1.82, 2.24) is 15.2 Å². The lowest BCUT2D eigenvalue weighted by molar-refractivity contribution is 0.981. The molecule has 0 amide bonds. The molecule has 0 saturated carbocycles. The van der Waals surface area contributed by atoms with Gasteiger partial charge in [-0.3, -0.25) is 0 Å². The van der Waals surface area contributed by atoms with E-state index in [1.165, 1.54) is 11.8 Å². The minimum absolute atomic E-state index is 0.395. The Morgan fingerprint density at radius 2 is 1.79 bits per heavy atom. The maximum absolute atomic E-state index is 6.15. The molecule has 1 aromatic heterocycles. The molecule has 3 aromatic rings. The van der Waals surface area contributed by atoms with Crippen molar-refractivity contribution in [1.29, 1.82) is 0 Å². The first-order valence-corrected chi connectivity index (χ1v) is 8.03. The molecule has 0 spiro atoms. The lowest BCUT2D eigenvalue weighted by atomic mass is 10.1. The van der Waals surface area contributed by atoms with Gasteiger partial charge in [-0.1, -0.05) is 35.3 Å². The van der Waals surface area contributed by atoms with E-state index < -0.39 is 0 Å². The molecule has 5 nitrogen and oxygen atoms in total. The summed E-state index contributed by atoms with van der Waals surface area (Å²) in [6.07, 6.45) is 1.52. The third kappa shape index (κ3) is 3.75. The Bertz CT molecular complexity index is 863. The molecular formula is C17H15Cl2N5. The average Bonchev–Trinajstić information content (AvgIpc) is 2.56. The maximum atomic E-state index is 6.15. The smallest absolute Gasteiger partial charge is 0.249 e. The predicted molar refractivity (Wildman–Crippen MR) is 98.8 cm³/mol. The second kappa shape index (κ2) is 7.03. The monoisotopic (exact) mass is 359 g/mol. The molecule has 0 atom stereocenters. The van der Waals surface area contributed by atoms with Gasteiger partial charge in [0.2, 0.25) is 5.95 Å². The Balaban J connectivity index is 1.84. The molecule has 0 saturated heterocycles. The summed E-state index contributed by atoms with van der Waals surface area (Å²) in [6, 6.07) is 11.2. The summed E-state index contributed by atoms with van der Waals surface area (Å²) >= 11 is 12.1. The van der Waals surface area contributed by atoms with Crippen molar-refractivity contribution >= 4 is 46.3 Å². The van der Waals surface area contributed by atoms with Gasteiger partial charge in [0.05, 0.1) is 16.9 Å². The first kappa shape index (κ1) is 16.5. The van der Waals surface area contributed by atoms with Gasteiger partial charge in [0, 0.05) is 10.7 Å². The van der Waals surface area contributed by atoms with Gasteiger partial charge in [0.15, 0.2) is 5.82 Å². The highest BCUT2D eigenvalue weighted by molar-refractivity contribution is 6.35. The number of aryl methyl sites for hydroxylation is 1. The van der Waals surface area contributed by atoms with E-state index in [4.69, 9.17) is 23.2 Å².